The van der Waals surface area contributed by atoms with Gasteiger partial charge in [0, 0.05) is 37.9 Å². The average molecular weight is 356 g/mol. The Balaban J connectivity index is 2.19. The summed E-state index contributed by atoms with van der Waals surface area (Å²) in [6, 6.07) is 0. The summed E-state index contributed by atoms with van der Waals surface area (Å²) in [5.41, 5.74) is 2.31. The molecule has 0 bridgehead atoms. The molecule has 3 heterocycles. The Morgan fingerprint density at radius 2 is 1.73 bits per heavy atom. The molecule has 8 nitrogen and oxygen atoms in total. The van der Waals surface area contributed by atoms with Crippen molar-refractivity contribution in [1.82, 2.24) is 28.5 Å². The van der Waals surface area contributed by atoms with Gasteiger partial charge >= 0.3 is 5.69 Å². The normalized spacial score (nSPS) is 11.9. The number of imidazole rings is 1. The molecule has 0 radical (unpaired) electrons. The Hall–Kier alpha value is -2.90. The molecule has 3 aromatic heterocycles. The molecule has 0 aromatic carbocycles. The van der Waals surface area contributed by atoms with Crippen LogP contribution in [0.15, 0.2) is 15.8 Å². The van der Waals surface area contributed by atoms with Crippen molar-refractivity contribution in [3.63, 3.8) is 0 Å². The Kier molecular flexibility index (Phi) is 4.67. The van der Waals surface area contributed by atoms with E-state index in [1.807, 2.05) is 43.8 Å². The van der Waals surface area contributed by atoms with Crippen LogP contribution in [-0.4, -0.2) is 28.5 Å². The molecule has 3 rings (SSSR count). The smallest absolute Gasteiger partial charge is 0.322 e. The van der Waals surface area contributed by atoms with Gasteiger partial charge in [-0.05, 0) is 39.8 Å². The van der Waals surface area contributed by atoms with E-state index in [0.29, 0.717) is 30.1 Å². The molecule has 3 aromatic rings. The first kappa shape index (κ1) is 17.9. The maximum Gasteiger partial charge on any atom is 0.332 e. The summed E-state index contributed by atoms with van der Waals surface area (Å²) < 4.78 is 6.45. The Bertz CT molecular complexity index is 1110. The number of fused-ring (bicyclic) bond motifs is 1. The second kappa shape index (κ2) is 6.78. The monoisotopic (exact) mass is 356 g/mol. The molecule has 0 N–H and O–H groups in total. The van der Waals surface area contributed by atoms with Gasteiger partial charge in [0.25, 0.3) is 5.56 Å². The zero-order valence-electron chi connectivity index (χ0n) is 15.9. The predicted molar refractivity (Wildman–Crippen MR) is 102 cm³/mol. The first-order chi connectivity index (χ1) is 12.4. The van der Waals surface area contributed by atoms with Crippen LogP contribution in [0.2, 0.25) is 0 Å². The highest BCUT2D eigenvalue weighted by molar-refractivity contribution is 5.76. The maximum atomic E-state index is 12.7. The van der Waals surface area contributed by atoms with E-state index in [2.05, 4.69) is 10.1 Å². The highest BCUT2D eigenvalue weighted by Gasteiger charge is 2.17. The topological polar surface area (TPSA) is 79.6 Å². The Morgan fingerprint density at radius 1 is 1.04 bits per heavy atom. The van der Waals surface area contributed by atoms with Crippen LogP contribution >= 0.6 is 0 Å². The lowest BCUT2D eigenvalue weighted by Gasteiger charge is -2.08. The third-order valence-corrected chi connectivity index (χ3v) is 4.76. The fraction of sp³-hybridized carbons (Fsp3) is 0.444. The molecule has 0 unspecified atom stereocenters. The van der Waals surface area contributed by atoms with Crippen molar-refractivity contribution in [1.29, 1.82) is 0 Å². The van der Waals surface area contributed by atoms with Gasteiger partial charge in [-0.3, -0.25) is 18.6 Å². The molecule has 0 atom stereocenters. The molecule has 0 amide bonds. The first-order valence-electron chi connectivity index (χ1n) is 8.85. The van der Waals surface area contributed by atoms with Crippen molar-refractivity contribution >= 4 is 23.3 Å². The fourth-order valence-corrected chi connectivity index (χ4v) is 3.20. The zero-order chi connectivity index (χ0) is 19.0. The van der Waals surface area contributed by atoms with Crippen LogP contribution in [-0.2, 0) is 26.7 Å². The molecule has 0 spiro atoms. The lowest BCUT2D eigenvalue weighted by Crippen LogP contribution is -2.39. The lowest BCUT2D eigenvalue weighted by molar-refractivity contribution is 0.604. The van der Waals surface area contributed by atoms with Crippen LogP contribution in [0.4, 0.5) is 0 Å². The van der Waals surface area contributed by atoms with E-state index in [0.717, 1.165) is 17.8 Å². The van der Waals surface area contributed by atoms with Gasteiger partial charge in [-0.2, -0.15) is 5.10 Å². The molecule has 0 saturated heterocycles. The maximum absolute atomic E-state index is 12.7. The van der Waals surface area contributed by atoms with E-state index in [-0.39, 0.29) is 11.2 Å². The van der Waals surface area contributed by atoms with Crippen LogP contribution in [0.5, 0.6) is 0 Å². The molecule has 0 fully saturated rings. The molecule has 0 aliphatic rings. The minimum atomic E-state index is -0.318. The van der Waals surface area contributed by atoms with E-state index in [4.69, 9.17) is 0 Å². The second-order valence-corrected chi connectivity index (χ2v) is 6.11. The highest BCUT2D eigenvalue weighted by Crippen LogP contribution is 2.15. The average Bonchev–Trinajstić information content (AvgIpc) is 3.14. The van der Waals surface area contributed by atoms with Crippen LogP contribution in [0.1, 0.15) is 37.9 Å². The van der Waals surface area contributed by atoms with Crippen LogP contribution in [0.25, 0.3) is 23.3 Å². The number of rotatable bonds is 5. The largest absolute Gasteiger partial charge is 0.332 e. The summed E-state index contributed by atoms with van der Waals surface area (Å²) in [6.45, 7) is 9.32. The van der Waals surface area contributed by atoms with Crippen molar-refractivity contribution in [2.24, 2.45) is 7.05 Å². The van der Waals surface area contributed by atoms with Crippen LogP contribution in [0, 0.1) is 6.92 Å². The number of nitrogens with zero attached hydrogens (tertiary/aromatic N) is 6. The van der Waals surface area contributed by atoms with Crippen molar-refractivity contribution in [2.45, 2.75) is 47.3 Å². The van der Waals surface area contributed by atoms with Crippen molar-refractivity contribution in [3.05, 3.63) is 44.1 Å². The Morgan fingerprint density at radius 3 is 2.31 bits per heavy atom. The molecule has 0 saturated carbocycles. The van der Waals surface area contributed by atoms with Crippen molar-refractivity contribution in [2.75, 3.05) is 0 Å². The van der Waals surface area contributed by atoms with E-state index in [1.165, 1.54) is 9.13 Å². The van der Waals surface area contributed by atoms with Gasteiger partial charge in [0.05, 0.1) is 6.20 Å². The highest BCUT2D eigenvalue weighted by atomic mass is 16.2. The number of hydrogen-bond acceptors (Lipinski definition) is 4. The van der Waals surface area contributed by atoms with Crippen molar-refractivity contribution in [3.8, 4) is 0 Å². The molecule has 0 aliphatic carbocycles. The van der Waals surface area contributed by atoms with Gasteiger partial charge in [0.2, 0.25) is 0 Å². The van der Waals surface area contributed by atoms with E-state index in [1.54, 1.807) is 18.5 Å². The van der Waals surface area contributed by atoms with Crippen LogP contribution in [0.3, 0.4) is 0 Å². The standard InChI is InChI=1S/C18H24N6O2/c1-6-22-16-15(17(25)23(7-2)18(22)26)21(5)14(20-16)10-9-13-11-19-24(8-3)12(13)4/h9-11H,6-8H2,1-5H3/b10-9+. The van der Waals surface area contributed by atoms with Gasteiger partial charge in [-0.25, -0.2) is 9.78 Å². The quantitative estimate of drug-likeness (QED) is 0.696. The van der Waals surface area contributed by atoms with Gasteiger partial charge < -0.3 is 4.57 Å². The first-order valence-corrected chi connectivity index (χ1v) is 8.85. The number of aryl methyl sites for hydroxylation is 3. The third kappa shape index (κ3) is 2.61. The zero-order valence-corrected chi connectivity index (χ0v) is 15.9. The minimum absolute atomic E-state index is 0.304. The van der Waals surface area contributed by atoms with E-state index in [9.17, 15) is 9.59 Å². The summed E-state index contributed by atoms with van der Waals surface area (Å²) in [4.78, 5) is 29.7. The van der Waals surface area contributed by atoms with Gasteiger partial charge in [-0.1, -0.05) is 0 Å². The minimum Gasteiger partial charge on any atom is -0.322 e. The molecular formula is C18H24N6O2. The molecular weight excluding hydrogens is 332 g/mol. The summed E-state index contributed by atoms with van der Waals surface area (Å²) in [7, 11) is 1.79. The second-order valence-electron chi connectivity index (χ2n) is 6.11. The third-order valence-electron chi connectivity index (χ3n) is 4.76. The molecule has 138 valence electrons. The van der Waals surface area contributed by atoms with E-state index < -0.39 is 0 Å². The van der Waals surface area contributed by atoms with E-state index >= 15 is 0 Å². The van der Waals surface area contributed by atoms with Gasteiger partial charge in [0.15, 0.2) is 11.2 Å². The lowest BCUT2D eigenvalue weighted by atomic mass is 10.2. The van der Waals surface area contributed by atoms with Gasteiger partial charge in [0.1, 0.15) is 5.82 Å². The molecule has 8 heteroatoms. The number of aromatic nitrogens is 6. The summed E-state index contributed by atoms with van der Waals surface area (Å²) in [6.07, 6.45) is 5.59. The Labute approximate surface area is 151 Å². The SMILES string of the molecule is CCn1ncc(/C=C/c2nc3c(c(=O)n(CC)c(=O)n3CC)n2C)c1C. The van der Waals surface area contributed by atoms with Gasteiger partial charge in [-0.15, -0.1) is 0 Å². The summed E-state index contributed by atoms with van der Waals surface area (Å²) in [5.74, 6) is 0.621. The fourth-order valence-electron chi connectivity index (χ4n) is 3.20. The molecule has 26 heavy (non-hydrogen) atoms. The summed E-state index contributed by atoms with van der Waals surface area (Å²) >= 11 is 0. The number of hydrogen-bond donors (Lipinski definition) is 0. The molecule has 0 aliphatic heterocycles. The van der Waals surface area contributed by atoms with Crippen molar-refractivity contribution < 1.29 is 0 Å². The summed E-state index contributed by atoms with van der Waals surface area (Å²) in [5, 5.41) is 4.33. The predicted octanol–water partition coefficient (Wildman–Crippen LogP) is 1.63. The van der Waals surface area contributed by atoms with Crippen LogP contribution < -0.4 is 11.2 Å².